The van der Waals surface area contributed by atoms with E-state index in [1.54, 1.807) is 14.0 Å². The van der Waals surface area contributed by atoms with E-state index in [1.807, 2.05) is 19.9 Å². The smallest absolute Gasteiger partial charge is 0.243 e. The first kappa shape index (κ1) is 16.3. The van der Waals surface area contributed by atoms with Crippen LogP contribution in [0.25, 0.3) is 0 Å². The third-order valence-electron chi connectivity index (χ3n) is 4.11. The number of aryl methyl sites for hydroxylation is 2. The van der Waals surface area contributed by atoms with Crippen molar-refractivity contribution in [1.29, 1.82) is 0 Å². The van der Waals surface area contributed by atoms with Gasteiger partial charge in [-0.05, 0) is 50.3 Å². The van der Waals surface area contributed by atoms with Crippen LogP contribution in [0.1, 0.15) is 29.5 Å². The van der Waals surface area contributed by atoms with Gasteiger partial charge in [0, 0.05) is 25.9 Å². The molecule has 0 spiro atoms. The topological polar surface area (TPSA) is 72.6 Å². The number of hydrogen-bond donors (Lipinski definition) is 1. The predicted octanol–water partition coefficient (Wildman–Crippen LogP) is 1.99. The second-order valence-electron chi connectivity index (χ2n) is 5.80. The molecular formula is C15H24N2O3S. The number of benzene rings is 1. The highest BCUT2D eigenvalue weighted by molar-refractivity contribution is 7.89. The number of ether oxygens (including phenoxy) is 1. The van der Waals surface area contributed by atoms with Crippen molar-refractivity contribution in [2.45, 2.75) is 44.6 Å². The average molecular weight is 312 g/mol. The number of hydrogen-bond acceptors (Lipinski definition) is 4. The number of likely N-dealkylation sites (N-methyl/N-ethyl adjacent to an activating group) is 1. The number of nitrogens with two attached hydrogens (primary N) is 1. The molecule has 1 saturated heterocycles. The fourth-order valence-corrected chi connectivity index (χ4v) is 4.54. The van der Waals surface area contributed by atoms with E-state index in [9.17, 15) is 8.42 Å². The third kappa shape index (κ3) is 3.07. The summed E-state index contributed by atoms with van der Waals surface area (Å²) in [6, 6.07) is 1.83. The van der Waals surface area contributed by atoms with Crippen molar-refractivity contribution in [2.75, 3.05) is 25.9 Å². The van der Waals surface area contributed by atoms with E-state index in [0.29, 0.717) is 29.3 Å². The Hall–Kier alpha value is -1.11. The molecule has 1 unspecified atom stereocenters. The number of nitrogens with zero attached hydrogens (tertiary/aromatic N) is 1. The molecule has 1 aliphatic heterocycles. The van der Waals surface area contributed by atoms with Gasteiger partial charge in [-0.25, -0.2) is 8.42 Å². The molecule has 0 aliphatic carbocycles. The lowest BCUT2D eigenvalue weighted by Crippen LogP contribution is -2.35. The Morgan fingerprint density at radius 1 is 1.33 bits per heavy atom. The minimum atomic E-state index is -3.55. The summed E-state index contributed by atoms with van der Waals surface area (Å²) >= 11 is 0. The Balaban J connectivity index is 2.37. The Morgan fingerprint density at radius 2 is 2.00 bits per heavy atom. The number of anilines is 1. The second-order valence-corrected chi connectivity index (χ2v) is 7.78. The van der Waals surface area contributed by atoms with Gasteiger partial charge < -0.3 is 10.5 Å². The van der Waals surface area contributed by atoms with E-state index in [4.69, 9.17) is 10.5 Å². The first-order valence-corrected chi connectivity index (χ1v) is 8.63. The standard InChI is InChI=1S/C15H24N2O3S/c1-10-8-11(2)15(12(3)14(10)16)21(18,19)17(4)9-13-6-5-7-20-13/h8,13H,5-7,9,16H2,1-4H3. The van der Waals surface area contributed by atoms with Crippen molar-refractivity contribution >= 4 is 15.7 Å². The molecule has 1 fully saturated rings. The normalized spacial score (nSPS) is 19.4. The van der Waals surface area contributed by atoms with Crippen molar-refractivity contribution in [3.63, 3.8) is 0 Å². The highest BCUT2D eigenvalue weighted by Crippen LogP contribution is 2.30. The molecule has 1 heterocycles. The van der Waals surface area contributed by atoms with Crippen LogP contribution in [0.15, 0.2) is 11.0 Å². The van der Waals surface area contributed by atoms with E-state index in [2.05, 4.69) is 0 Å². The van der Waals surface area contributed by atoms with E-state index in [1.165, 1.54) is 4.31 Å². The summed E-state index contributed by atoms with van der Waals surface area (Å²) in [4.78, 5) is 0.325. The summed E-state index contributed by atoms with van der Waals surface area (Å²) in [6.07, 6.45) is 1.90. The lowest BCUT2D eigenvalue weighted by molar-refractivity contribution is 0.0979. The van der Waals surface area contributed by atoms with Gasteiger partial charge in [0.15, 0.2) is 0 Å². The van der Waals surface area contributed by atoms with Gasteiger partial charge in [-0.3, -0.25) is 0 Å². The number of sulfonamides is 1. The highest BCUT2D eigenvalue weighted by atomic mass is 32.2. The van der Waals surface area contributed by atoms with Crippen LogP contribution in [0.4, 0.5) is 5.69 Å². The molecule has 2 rings (SSSR count). The summed E-state index contributed by atoms with van der Waals surface area (Å²) in [5.74, 6) is 0. The molecular weight excluding hydrogens is 288 g/mol. The summed E-state index contributed by atoms with van der Waals surface area (Å²) in [5.41, 5.74) is 8.82. The van der Waals surface area contributed by atoms with Gasteiger partial charge >= 0.3 is 0 Å². The zero-order valence-corrected chi connectivity index (χ0v) is 14.0. The Kier molecular flexibility index (Phi) is 4.60. The lowest BCUT2D eigenvalue weighted by Gasteiger charge is -2.23. The SMILES string of the molecule is Cc1cc(C)c(S(=O)(=O)N(C)CC2CCCO2)c(C)c1N. The molecule has 1 atom stereocenters. The molecule has 2 N–H and O–H groups in total. The van der Waals surface area contributed by atoms with E-state index in [0.717, 1.165) is 24.0 Å². The molecule has 0 saturated carbocycles. The molecule has 1 aromatic rings. The molecule has 0 aromatic heterocycles. The average Bonchev–Trinajstić information content (AvgIpc) is 2.88. The van der Waals surface area contributed by atoms with Crippen LogP contribution >= 0.6 is 0 Å². The molecule has 0 radical (unpaired) electrons. The van der Waals surface area contributed by atoms with Crippen LogP contribution in [-0.2, 0) is 14.8 Å². The molecule has 6 heteroatoms. The minimum absolute atomic E-state index is 0.00631. The Bertz CT molecular complexity index is 635. The molecule has 5 nitrogen and oxygen atoms in total. The summed E-state index contributed by atoms with van der Waals surface area (Å²) < 4.78 is 32.6. The Labute approximate surface area is 127 Å². The van der Waals surface area contributed by atoms with Crippen molar-refractivity contribution < 1.29 is 13.2 Å². The molecule has 118 valence electrons. The second kappa shape index (κ2) is 5.94. The van der Waals surface area contributed by atoms with E-state index >= 15 is 0 Å². The number of rotatable bonds is 4. The van der Waals surface area contributed by atoms with Gasteiger partial charge in [0.25, 0.3) is 0 Å². The number of nitrogen functional groups attached to an aromatic ring is 1. The van der Waals surface area contributed by atoms with Crippen LogP contribution in [0, 0.1) is 20.8 Å². The zero-order chi connectivity index (χ0) is 15.8. The predicted molar refractivity (Wildman–Crippen MR) is 83.9 cm³/mol. The van der Waals surface area contributed by atoms with Crippen LogP contribution < -0.4 is 5.73 Å². The quantitative estimate of drug-likeness (QED) is 0.863. The molecule has 0 amide bonds. The maximum absolute atomic E-state index is 12.8. The van der Waals surface area contributed by atoms with Crippen molar-refractivity contribution in [3.8, 4) is 0 Å². The van der Waals surface area contributed by atoms with Crippen LogP contribution in [0.5, 0.6) is 0 Å². The van der Waals surface area contributed by atoms with Gasteiger partial charge in [-0.1, -0.05) is 6.07 Å². The largest absolute Gasteiger partial charge is 0.398 e. The van der Waals surface area contributed by atoms with Crippen molar-refractivity contribution in [3.05, 3.63) is 22.8 Å². The molecule has 21 heavy (non-hydrogen) atoms. The van der Waals surface area contributed by atoms with Gasteiger partial charge in [-0.2, -0.15) is 4.31 Å². The summed E-state index contributed by atoms with van der Waals surface area (Å²) in [6.45, 7) is 6.57. The van der Waals surface area contributed by atoms with Crippen LogP contribution in [0.2, 0.25) is 0 Å². The van der Waals surface area contributed by atoms with Crippen LogP contribution in [0.3, 0.4) is 0 Å². The first-order chi connectivity index (χ1) is 9.75. The van der Waals surface area contributed by atoms with Gasteiger partial charge in [0.1, 0.15) is 0 Å². The molecule has 1 aromatic carbocycles. The van der Waals surface area contributed by atoms with Gasteiger partial charge in [-0.15, -0.1) is 0 Å². The Morgan fingerprint density at radius 3 is 2.57 bits per heavy atom. The van der Waals surface area contributed by atoms with Crippen molar-refractivity contribution in [1.82, 2.24) is 4.31 Å². The zero-order valence-electron chi connectivity index (χ0n) is 13.1. The molecule has 0 bridgehead atoms. The first-order valence-electron chi connectivity index (χ1n) is 7.19. The fourth-order valence-electron chi connectivity index (χ4n) is 2.91. The van der Waals surface area contributed by atoms with Crippen LogP contribution in [-0.4, -0.2) is 39.0 Å². The minimum Gasteiger partial charge on any atom is -0.398 e. The maximum Gasteiger partial charge on any atom is 0.243 e. The molecule has 1 aliphatic rings. The van der Waals surface area contributed by atoms with Gasteiger partial charge in [0.05, 0.1) is 11.0 Å². The fraction of sp³-hybridized carbons (Fsp3) is 0.600. The monoisotopic (exact) mass is 312 g/mol. The highest BCUT2D eigenvalue weighted by Gasteiger charge is 2.29. The maximum atomic E-state index is 12.8. The van der Waals surface area contributed by atoms with Gasteiger partial charge in [0.2, 0.25) is 10.0 Å². The van der Waals surface area contributed by atoms with E-state index < -0.39 is 10.0 Å². The lowest BCUT2D eigenvalue weighted by atomic mass is 10.1. The summed E-state index contributed by atoms with van der Waals surface area (Å²) in [7, 11) is -1.95. The summed E-state index contributed by atoms with van der Waals surface area (Å²) in [5, 5.41) is 0. The van der Waals surface area contributed by atoms with Crippen molar-refractivity contribution in [2.24, 2.45) is 0 Å². The van der Waals surface area contributed by atoms with E-state index in [-0.39, 0.29) is 6.10 Å². The third-order valence-corrected chi connectivity index (χ3v) is 6.23.